The number of carbonyl (C=O) groups excluding carboxylic acids is 1. The lowest BCUT2D eigenvalue weighted by molar-refractivity contribution is -0.123. The smallest absolute Gasteiger partial charge is 0.227 e. The van der Waals surface area contributed by atoms with Crippen molar-refractivity contribution in [2.45, 2.75) is 36.7 Å². The number of carbonyl (C=O) groups is 1. The first-order valence-electron chi connectivity index (χ1n) is 9.88. The second-order valence-electron chi connectivity index (χ2n) is 7.56. The number of anilines is 1. The van der Waals surface area contributed by atoms with Gasteiger partial charge in [-0.3, -0.25) is 4.79 Å². The average molecular weight is 403 g/mol. The molecule has 0 amide bonds. The first-order valence-corrected chi connectivity index (χ1v) is 10.9. The molecule has 5 nitrogen and oxygen atoms in total. The van der Waals surface area contributed by atoms with Gasteiger partial charge in [-0.05, 0) is 24.5 Å². The molecule has 0 bridgehead atoms. The number of fused-ring (bicyclic) bond motifs is 2. The summed E-state index contributed by atoms with van der Waals surface area (Å²) in [7, 11) is 0. The van der Waals surface area contributed by atoms with E-state index in [1.165, 1.54) is 11.1 Å². The zero-order valence-electron chi connectivity index (χ0n) is 16.2. The minimum Gasteiger partial charge on any atom is -0.328 e. The Kier molecular flexibility index (Phi) is 4.72. The Balaban J connectivity index is 1.52. The zero-order chi connectivity index (χ0) is 19.8. The molecule has 3 aromatic rings. The summed E-state index contributed by atoms with van der Waals surface area (Å²) in [4.78, 5) is 17.6. The van der Waals surface area contributed by atoms with Crippen LogP contribution in [0, 0.1) is 12.8 Å². The normalized spacial score (nSPS) is 20.4. The molecule has 6 heteroatoms. The summed E-state index contributed by atoms with van der Waals surface area (Å²) in [5, 5.41) is 8.90. The summed E-state index contributed by atoms with van der Waals surface area (Å²) in [6, 6.07) is 18.5. The van der Waals surface area contributed by atoms with Crippen molar-refractivity contribution >= 4 is 23.5 Å². The van der Waals surface area contributed by atoms with E-state index >= 15 is 0 Å². The van der Waals surface area contributed by atoms with E-state index in [1.807, 2.05) is 22.9 Å². The Morgan fingerprint density at radius 1 is 1.14 bits per heavy atom. The second-order valence-corrected chi connectivity index (χ2v) is 8.50. The van der Waals surface area contributed by atoms with Gasteiger partial charge in [0.1, 0.15) is 5.78 Å². The van der Waals surface area contributed by atoms with Gasteiger partial charge in [0.2, 0.25) is 11.1 Å². The number of Topliss-reactive ketones (excluding diaryl/α,β-unsaturated/α-hetero) is 1. The number of hydrogen-bond acceptors (Lipinski definition) is 5. The minimum atomic E-state index is -0.229. The van der Waals surface area contributed by atoms with Crippen molar-refractivity contribution in [2.75, 3.05) is 5.32 Å². The molecule has 2 aliphatic rings. The third kappa shape index (κ3) is 3.49. The number of allylic oxidation sites excluding steroid dienone is 2. The molecule has 5 rings (SSSR count). The fraction of sp³-hybridized carbons (Fsp3) is 0.261. The molecule has 29 heavy (non-hydrogen) atoms. The first kappa shape index (κ1) is 18.2. The summed E-state index contributed by atoms with van der Waals surface area (Å²) in [5.74, 6) is 1.56. The molecular formula is C23H22N4OS. The third-order valence-corrected chi connectivity index (χ3v) is 6.42. The summed E-state index contributed by atoms with van der Waals surface area (Å²) >= 11 is 1.61. The highest BCUT2D eigenvalue weighted by molar-refractivity contribution is 7.98. The molecule has 1 aromatic heterocycles. The summed E-state index contributed by atoms with van der Waals surface area (Å²) in [6.45, 7) is 2.07. The molecule has 0 saturated carbocycles. The number of aromatic nitrogens is 3. The Morgan fingerprint density at radius 2 is 1.93 bits per heavy atom. The molecule has 2 aromatic carbocycles. The van der Waals surface area contributed by atoms with Gasteiger partial charge in [0, 0.05) is 17.9 Å². The number of aryl methyl sites for hydroxylation is 1. The van der Waals surface area contributed by atoms with Gasteiger partial charge >= 0.3 is 0 Å². The molecule has 146 valence electrons. The van der Waals surface area contributed by atoms with Crippen molar-refractivity contribution < 1.29 is 4.79 Å². The SMILES string of the molecule is Cc1ccc([C@H]2[C@@H]3C(=O)CCC=C3Nc3nc(SCc4ccccc4)nn32)cc1. The van der Waals surface area contributed by atoms with E-state index in [4.69, 9.17) is 10.1 Å². The highest BCUT2D eigenvalue weighted by atomic mass is 32.2. The van der Waals surface area contributed by atoms with Crippen molar-refractivity contribution in [3.8, 4) is 0 Å². The average Bonchev–Trinajstić information content (AvgIpc) is 3.15. The molecule has 0 radical (unpaired) electrons. The number of thioether (sulfide) groups is 1. The molecule has 0 fully saturated rings. The number of ketones is 1. The maximum Gasteiger partial charge on any atom is 0.227 e. The van der Waals surface area contributed by atoms with Crippen molar-refractivity contribution in [2.24, 2.45) is 5.92 Å². The van der Waals surface area contributed by atoms with Crippen LogP contribution in [-0.2, 0) is 10.5 Å². The topological polar surface area (TPSA) is 59.8 Å². The van der Waals surface area contributed by atoms with Crippen LogP contribution in [0.15, 0.2) is 71.5 Å². The van der Waals surface area contributed by atoms with Crippen molar-refractivity contribution in [3.63, 3.8) is 0 Å². The van der Waals surface area contributed by atoms with Gasteiger partial charge < -0.3 is 5.32 Å². The molecule has 1 N–H and O–H groups in total. The van der Waals surface area contributed by atoms with Crippen LogP contribution in [0.2, 0.25) is 0 Å². The van der Waals surface area contributed by atoms with E-state index < -0.39 is 0 Å². The molecular weight excluding hydrogens is 380 g/mol. The zero-order valence-corrected chi connectivity index (χ0v) is 17.0. The highest BCUT2D eigenvalue weighted by Crippen LogP contribution is 2.42. The number of nitrogens with zero attached hydrogens (tertiary/aromatic N) is 3. The number of rotatable bonds is 4. The van der Waals surface area contributed by atoms with Crippen LogP contribution in [0.25, 0.3) is 0 Å². The van der Waals surface area contributed by atoms with Gasteiger partial charge in [0.15, 0.2) is 0 Å². The van der Waals surface area contributed by atoms with Gasteiger partial charge in [-0.15, -0.1) is 5.10 Å². The van der Waals surface area contributed by atoms with Gasteiger partial charge in [-0.1, -0.05) is 78.0 Å². The van der Waals surface area contributed by atoms with Crippen LogP contribution >= 0.6 is 11.8 Å². The molecule has 0 spiro atoms. The van der Waals surface area contributed by atoms with Crippen molar-refractivity contribution in [1.29, 1.82) is 0 Å². The maximum absolute atomic E-state index is 12.9. The Labute approximate surface area is 174 Å². The number of nitrogens with one attached hydrogen (secondary N) is 1. The summed E-state index contributed by atoms with van der Waals surface area (Å²) in [6.07, 6.45) is 3.50. The predicted molar refractivity (Wildman–Crippen MR) is 115 cm³/mol. The van der Waals surface area contributed by atoms with Crippen molar-refractivity contribution in [3.05, 3.63) is 83.1 Å². The van der Waals surface area contributed by atoms with Gasteiger partial charge in [0.05, 0.1) is 12.0 Å². The Hall–Kier alpha value is -2.86. The predicted octanol–water partition coefficient (Wildman–Crippen LogP) is 4.76. The van der Waals surface area contributed by atoms with Crippen LogP contribution in [0.3, 0.4) is 0 Å². The molecule has 1 aliphatic heterocycles. The summed E-state index contributed by atoms with van der Waals surface area (Å²) in [5.41, 5.74) is 4.49. The van der Waals surface area contributed by atoms with Crippen molar-refractivity contribution in [1.82, 2.24) is 14.8 Å². The highest BCUT2D eigenvalue weighted by Gasteiger charge is 2.41. The largest absolute Gasteiger partial charge is 0.328 e. The van der Waals surface area contributed by atoms with Crippen LogP contribution in [0.1, 0.15) is 35.6 Å². The molecule has 2 atom stereocenters. The quantitative estimate of drug-likeness (QED) is 0.638. The monoisotopic (exact) mass is 402 g/mol. The van der Waals surface area contributed by atoms with Crippen LogP contribution in [0.4, 0.5) is 5.95 Å². The van der Waals surface area contributed by atoms with Gasteiger partial charge in [-0.25, -0.2) is 4.68 Å². The van der Waals surface area contributed by atoms with Gasteiger partial charge in [0.25, 0.3) is 0 Å². The van der Waals surface area contributed by atoms with E-state index in [9.17, 15) is 4.79 Å². The fourth-order valence-electron chi connectivity index (χ4n) is 4.03. The molecule has 1 aliphatic carbocycles. The van der Waals surface area contributed by atoms with E-state index in [0.717, 1.165) is 28.6 Å². The molecule has 2 heterocycles. The lowest BCUT2D eigenvalue weighted by atomic mass is 9.81. The Morgan fingerprint density at radius 3 is 2.72 bits per heavy atom. The van der Waals surface area contributed by atoms with E-state index in [2.05, 4.69) is 54.7 Å². The third-order valence-electron chi connectivity index (χ3n) is 5.51. The molecule has 0 saturated heterocycles. The van der Waals surface area contributed by atoms with Crippen LogP contribution in [0.5, 0.6) is 0 Å². The maximum atomic E-state index is 12.9. The second kappa shape index (κ2) is 7.52. The summed E-state index contributed by atoms with van der Waals surface area (Å²) < 4.78 is 1.91. The fourth-order valence-corrected chi connectivity index (χ4v) is 4.82. The van der Waals surface area contributed by atoms with E-state index in [1.54, 1.807) is 11.8 Å². The molecule has 0 unspecified atom stereocenters. The first-order chi connectivity index (χ1) is 14.2. The lowest BCUT2D eigenvalue weighted by Gasteiger charge is -2.36. The number of hydrogen-bond donors (Lipinski definition) is 1. The number of benzene rings is 2. The van der Waals surface area contributed by atoms with Gasteiger partial charge in [-0.2, -0.15) is 4.98 Å². The lowest BCUT2D eigenvalue weighted by Crippen LogP contribution is -2.38. The minimum absolute atomic E-state index is 0.163. The van der Waals surface area contributed by atoms with Crippen LogP contribution < -0.4 is 5.32 Å². The Bertz CT molecular complexity index is 1070. The van der Waals surface area contributed by atoms with E-state index in [0.29, 0.717) is 12.4 Å². The van der Waals surface area contributed by atoms with Crippen LogP contribution in [-0.4, -0.2) is 20.5 Å². The standard InChI is InChI=1S/C23H22N4OS/c1-15-10-12-17(13-11-15)21-20-18(8-5-9-19(20)28)24-22-25-23(26-27(21)22)29-14-16-6-3-2-4-7-16/h2-4,6-8,10-13,20-21H,5,9,14H2,1H3,(H,24,25,26)/t20-,21-/m0/s1. The van der Waals surface area contributed by atoms with E-state index in [-0.39, 0.29) is 17.7 Å².